The van der Waals surface area contributed by atoms with E-state index in [1.807, 2.05) is 6.08 Å². The Kier molecular flexibility index (Phi) is 3.59. The molecule has 0 radical (unpaired) electrons. The Morgan fingerprint density at radius 2 is 1.77 bits per heavy atom. The van der Waals surface area contributed by atoms with Gasteiger partial charge in [0.1, 0.15) is 12.0 Å². The van der Waals surface area contributed by atoms with Gasteiger partial charge in [0.2, 0.25) is 0 Å². The number of allylic oxidation sites excluding steroid dienone is 1. The highest BCUT2D eigenvalue weighted by atomic mass is 16.5. The van der Waals surface area contributed by atoms with Crippen molar-refractivity contribution < 1.29 is 19.7 Å². The van der Waals surface area contributed by atoms with Gasteiger partial charge in [0.05, 0.1) is 7.11 Å². The van der Waals surface area contributed by atoms with Crippen LogP contribution in [0.5, 0.6) is 17.2 Å². The van der Waals surface area contributed by atoms with Crippen molar-refractivity contribution in [2.45, 2.75) is 12.8 Å². The van der Waals surface area contributed by atoms with Gasteiger partial charge in [0.25, 0.3) is 0 Å². The number of benzene rings is 2. The molecular formula is C18H16O4. The molecule has 0 heterocycles. The number of methoxy groups -OCH3 is 1. The SMILES string of the molecule is COc1cc(C=C2CC2)cc(-c2cc(C=O)ccc2O)c1O. The topological polar surface area (TPSA) is 66.8 Å². The molecule has 2 aromatic rings. The molecule has 112 valence electrons. The molecular weight excluding hydrogens is 280 g/mol. The third kappa shape index (κ3) is 2.68. The van der Waals surface area contributed by atoms with Gasteiger partial charge in [-0.1, -0.05) is 11.6 Å². The predicted molar refractivity (Wildman–Crippen MR) is 84.4 cm³/mol. The normalized spacial score (nSPS) is 12.9. The second-order valence-electron chi connectivity index (χ2n) is 5.32. The van der Waals surface area contributed by atoms with Crippen LogP contribution in [0.15, 0.2) is 35.9 Å². The fraction of sp³-hybridized carbons (Fsp3) is 0.167. The van der Waals surface area contributed by atoms with Crippen molar-refractivity contribution in [3.63, 3.8) is 0 Å². The summed E-state index contributed by atoms with van der Waals surface area (Å²) in [5, 5.41) is 20.4. The Morgan fingerprint density at radius 1 is 1.05 bits per heavy atom. The lowest BCUT2D eigenvalue weighted by molar-refractivity contribution is 0.112. The van der Waals surface area contributed by atoms with Crippen molar-refractivity contribution >= 4 is 12.4 Å². The maximum absolute atomic E-state index is 11.0. The minimum Gasteiger partial charge on any atom is -0.507 e. The van der Waals surface area contributed by atoms with E-state index in [-0.39, 0.29) is 11.5 Å². The van der Waals surface area contributed by atoms with Gasteiger partial charge in [-0.25, -0.2) is 0 Å². The number of carbonyl (C=O) groups excluding carboxylic acids is 1. The smallest absolute Gasteiger partial charge is 0.165 e. The van der Waals surface area contributed by atoms with E-state index in [2.05, 4.69) is 0 Å². The lowest BCUT2D eigenvalue weighted by Crippen LogP contribution is -1.90. The molecule has 1 saturated carbocycles. The summed E-state index contributed by atoms with van der Waals surface area (Å²) in [6, 6.07) is 8.05. The highest BCUT2D eigenvalue weighted by Gasteiger charge is 2.17. The molecule has 2 N–H and O–H groups in total. The number of phenolic OH excluding ortho intramolecular Hbond substituents is 2. The summed E-state index contributed by atoms with van der Waals surface area (Å²) < 4.78 is 5.22. The van der Waals surface area contributed by atoms with Gasteiger partial charge >= 0.3 is 0 Å². The minimum absolute atomic E-state index is 0.000761. The van der Waals surface area contributed by atoms with Gasteiger partial charge < -0.3 is 14.9 Å². The molecule has 2 aromatic carbocycles. The molecule has 0 amide bonds. The Morgan fingerprint density at radius 3 is 2.41 bits per heavy atom. The summed E-state index contributed by atoms with van der Waals surface area (Å²) in [4.78, 5) is 11.0. The quantitative estimate of drug-likeness (QED) is 0.843. The van der Waals surface area contributed by atoms with Gasteiger partial charge in [0.15, 0.2) is 11.5 Å². The molecule has 1 aliphatic rings. The van der Waals surface area contributed by atoms with E-state index in [1.54, 1.807) is 18.2 Å². The lowest BCUT2D eigenvalue weighted by atomic mass is 9.98. The summed E-state index contributed by atoms with van der Waals surface area (Å²) in [6.07, 6.45) is 4.92. The van der Waals surface area contributed by atoms with Crippen molar-refractivity contribution in [3.05, 3.63) is 47.0 Å². The van der Waals surface area contributed by atoms with E-state index in [0.717, 1.165) is 18.4 Å². The van der Waals surface area contributed by atoms with Crippen LogP contribution in [0.1, 0.15) is 28.8 Å². The van der Waals surface area contributed by atoms with Crippen molar-refractivity contribution in [2.75, 3.05) is 7.11 Å². The molecule has 4 nitrogen and oxygen atoms in total. The molecule has 1 fully saturated rings. The third-order valence-electron chi connectivity index (χ3n) is 3.67. The molecule has 3 rings (SSSR count). The number of rotatable bonds is 4. The first kappa shape index (κ1) is 14.2. The van der Waals surface area contributed by atoms with Crippen molar-refractivity contribution in [3.8, 4) is 28.4 Å². The van der Waals surface area contributed by atoms with Crippen LogP contribution in [0.4, 0.5) is 0 Å². The van der Waals surface area contributed by atoms with Gasteiger partial charge in [-0.2, -0.15) is 0 Å². The van der Waals surface area contributed by atoms with Crippen LogP contribution in [0.25, 0.3) is 17.2 Å². The zero-order valence-corrected chi connectivity index (χ0v) is 12.2. The molecule has 1 aliphatic carbocycles. The van der Waals surface area contributed by atoms with E-state index in [4.69, 9.17) is 4.74 Å². The number of phenols is 2. The van der Waals surface area contributed by atoms with Gasteiger partial charge in [-0.15, -0.1) is 0 Å². The van der Waals surface area contributed by atoms with Crippen LogP contribution in [0.3, 0.4) is 0 Å². The first-order valence-corrected chi connectivity index (χ1v) is 7.01. The first-order chi connectivity index (χ1) is 10.6. The second kappa shape index (κ2) is 5.56. The number of hydrogen-bond acceptors (Lipinski definition) is 4. The van der Waals surface area contributed by atoms with Crippen molar-refractivity contribution in [1.29, 1.82) is 0 Å². The predicted octanol–water partition coefficient (Wildman–Crippen LogP) is 3.76. The number of ether oxygens (including phenoxy) is 1. The van der Waals surface area contributed by atoms with E-state index >= 15 is 0 Å². The number of aldehydes is 1. The third-order valence-corrected chi connectivity index (χ3v) is 3.67. The molecule has 0 saturated heterocycles. The van der Waals surface area contributed by atoms with Crippen LogP contribution in [0, 0.1) is 0 Å². The van der Waals surface area contributed by atoms with Crippen LogP contribution >= 0.6 is 0 Å². The van der Waals surface area contributed by atoms with E-state index in [9.17, 15) is 15.0 Å². The Labute approximate surface area is 128 Å². The fourth-order valence-corrected chi connectivity index (χ4v) is 2.37. The van der Waals surface area contributed by atoms with E-state index in [0.29, 0.717) is 28.7 Å². The second-order valence-corrected chi connectivity index (χ2v) is 5.32. The van der Waals surface area contributed by atoms with Crippen molar-refractivity contribution in [2.24, 2.45) is 0 Å². The largest absolute Gasteiger partial charge is 0.507 e. The Bertz CT molecular complexity index is 769. The van der Waals surface area contributed by atoms with Gasteiger partial charge in [-0.05, 0) is 48.7 Å². The Hall–Kier alpha value is -2.75. The summed E-state index contributed by atoms with van der Waals surface area (Å²) >= 11 is 0. The summed E-state index contributed by atoms with van der Waals surface area (Å²) in [6.45, 7) is 0. The summed E-state index contributed by atoms with van der Waals surface area (Å²) in [5.74, 6) is 0.277. The average Bonchev–Trinajstić information content (AvgIpc) is 3.33. The van der Waals surface area contributed by atoms with E-state index < -0.39 is 0 Å². The fourth-order valence-electron chi connectivity index (χ4n) is 2.37. The van der Waals surface area contributed by atoms with Crippen LogP contribution in [-0.2, 0) is 0 Å². The molecule has 22 heavy (non-hydrogen) atoms. The van der Waals surface area contributed by atoms with Crippen molar-refractivity contribution in [1.82, 2.24) is 0 Å². The van der Waals surface area contributed by atoms with Crippen LogP contribution < -0.4 is 4.74 Å². The molecule has 0 spiro atoms. The molecule has 0 atom stereocenters. The highest BCUT2D eigenvalue weighted by molar-refractivity contribution is 5.85. The summed E-state index contributed by atoms with van der Waals surface area (Å²) in [5.41, 5.74) is 3.50. The average molecular weight is 296 g/mol. The summed E-state index contributed by atoms with van der Waals surface area (Å²) in [7, 11) is 1.48. The van der Waals surface area contributed by atoms with Crippen LogP contribution in [0.2, 0.25) is 0 Å². The van der Waals surface area contributed by atoms with Crippen LogP contribution in [-0.4, -0.2) is 23.6 Å². The molecule has 0 bridgehead atoms. The molecule has 0 aliphatic heterocycles. The maximum atomic E-state index is 11.0. The highest BCUT2D eigenvalue weighted by Crippen LogP contribution is 2.43. The molecule has 0 unspecified atom stereocenters. The maximum Gasteiger partial charge on any atom is 0.165 e. The van der Waals surface area contributed by atoms with Gasteiger partial charge in [-0.3, -0.25) is 4.79 Å². The standard InChI is InChI=1S/C18H16O4/c1-22-17-9-13(6-11-2-3-11)8-15(18(17)21)14-7-12(10-19)4-5-16(14)20/h4-10,20-21H,2-3H2,1H3. The minimum atomic E-state index is -0.0567. The first-order valence-electron chi connectivity index (χ1n) is 7.01. The number of hydrogen-bond donors (Lipinski definition) is 2. The molecule has 4 heteroatoms. The zero-order chi connectivity index (χ0) is 15.7. The monoisotopic (exact) mass is 296 g/mol. The zero-order valence-electron chi connectivity index (χ0n) is 12.2. The number of carbonyl (C=O) groups is 1. The van der Waals surface area contributed by atoms with E-state index in [1.165, 1.54) is 24.8 Å². The molecule has 0 aromatic heterocycles. The number of aromatic hydroxyl groups is 2. The lowest BCUT2D eigenvalue weighted by Gasteiger charge is -2.12. The Balaban J connectivity index is 2.20. The van der Waals surface area contributed by atoms with Gasteiger partial charge in [0, 0.05) is 16.7 Å².